The van der Waals surface area contributed by atoms with E-state index < -0.39 is 0 Å². The molecule has 0 aliphatic heterocycles. The maximum atomic E-state index is 13.1. The van der Waals surface area contributed by atoms with Gasteiger partial charge in [0.25, 0.3) is 5.91 Å². The van der Waals surface area contributed by atoms with Crippen LogP contribution in [0.4, 0.5) is 5.69 Å². The number of ether oxygens (including phenoxy) is 1. The van der Waals surface area contributed by atoms with Crippen molar-refractivity contribution in [2.24, 2.45) is 0 Å². The number of rotatable bonds is 6. The molecule has 6 heteroatoms. The van der Waals surface area contributed by atoms with Crippen molar-refractivity contribution >= 4 is 29.1 Å². The molecule has 2 N–H and O–H groups in total. The summed E-state index contributed by atoms with van der Waals surface area (Å²) in [5.74, 6) is -0.286. The molecule has 148 valence electrons. The van der Waals surface area contributed by atoms with E-state index in [1.54, 1.807) is 6.07 Å². The van der Waals surface area contributed by atoms with Crippen molar-refractivity contribution < 1.29 is 14.3 Å². The molecule has 0 saturated heterocycles. The molecule has 0 atom stereocenters. The fourth-order valence-corrected chi connectivity index (χ4v) is 3.26. The van der Waals surface area contributed by atoms with E-state index in [1.807, 2.05) is 60.7 Å². The Morgan fingerprint density at radius 1 is 0.931 bits per heavy atom. The summed E-state index contributed by atoms with van der Waals surface area (Å²) >= 11 is 6.27. The lowest BCUT2D eigenvalue weighted by Gasteiger charge is -2.21. The molecule has 0 radical (unpaired) electrons. The molecule has 0 aliphatic carbocycles. The van der Waals surface area contributed by atoms with Crippen LogP contribution in [0.15, 0.2) is 72.8 Å². The minimum atomic E-state index is -0.344. The quantitative estimate of drug-likeness (QED) is 0.614. The number of hydrogen-bond donors (Lipinski definition) is 2. The van der Waals surface area contributed by atoms with Crippen LogP contribution in [-0.4, -0.2) is 18.9 Å². The SMILES string of the molecule is COc1cc(NC(C)=O)c(Cl)cc1C(=O)NC(c1ccccc1)c1ccccc1. The lowest BCUT2D eigenvalue weighted by atomic mass is 9.98. The van der Waals surface area contributed by atoms with Gasteiger partial charge in [0.05, 0.1) is 29.4 Å². The molecule has 5 nitrogen and oxygen atoms in total. The second-order valence-corrected chi connectivity index (χ2v) is 6.85. The van der Waals surface area contributed by atoms with Crippen LogP contribution in [0.3, 0.4) is 0 Å². The number of carbonyl (C=O) groups is 2. The second-order valence-electron chi connectivity index (χ2n) is 6.44. The van der Waals surface area contributed by atoms with Crippen molar-refractivity contribution in [2.75, 3.05) is 12.4 Å². The van der Waals surface area contributed by atoms with Gasteiger partial charge in [-0.25, -0.2) is 0 Å². The number of halogens is 1. The molecule has 0 fully saturated rings. The molecule has 3 rings (SSSR count). The van der Waals surface area contributed by atoms with Gasteiger partial charge in [-0.15, -0.1) is 0 Å². The zero-order chi connectivity index (χ0) is 20.8. The first-order valence-electron chi connectivity index (χ1n) is 9.05. The van der Waals surface area contributed by atoms with Crippen LogP contribution in [0.5, 0.6) is 5.75 Å². The van der Waals surface area contributed by atoms with Crippen LogP contribution < -0.4 is 15.4 Å². The molecular formula is C23H21ClN2O3. The smallest absolute Gasteiger partial charge is 0.255 e. The summed E-state index contributed by atoms with van der Waals surface area (Å²) in [6, 6.07) is 22.1. The Kier molecular flexibility index (Phi) is 6.52. The van der Waals surface area contributed by atoms with Crippen LogP contribution in [0.1, 0.15) is 34.5 Å². The number of carbonyl (C=O) groups excluding carboxylic acids is 2. The van der Waals surface area contributed by atoms with E-state index in [0.29, 0.717) is 11.4 Å². The van der Waals surface area contributed by atoms with Crippen LogP contribution in [0.25, 0.3) is 0 Å². The second kappa shape index (κ2) is 9.26. The van der Waals surface area contributed by atoms with Gasteiger partial charge in [-0.3, -0.25) is 9.59 Å². The van der Waals surface area contributed by atoms with Crippen molar-refractivity contribution in [1.29, 1.82) is 0 Å². The van der Waals surface area contributed by atoms with Crippen molar-refractivity contribution in [3.63, 3.8) is 0 Å². The minimum Gasteiger partial charge on any atom is -0.496 e. The molecule has 29 heavy (non-hydrogen) atoms. The van der Waals surface area contributed by atoms with E-state index in [4.69, 9.17) is 16.3 Å². The van der Waals surface area contributed by atoms with E-state index in [9.17, 15) is 9.59 Å². The Hall–Kier alpha value is -3.31. The van der Waals surface area contributed by atoms with Gasteiger partial charge < -0.3 is 15.4 Å². The Morgan fingerprint density at radius 2 is 1.48 bits per heavy atom. The molecule has 0 heterocycles. The zero-order valence-corrected chi connectivity index (χ0v) is 16.9. The highest BCUT2D eigenvalue weighted by Crippen LogP contribution is 2.32. The van der Waals surface area contributed by atoms with Crippen LogP contribution in [0, 0.1) is 0 Å². The minimum absolute atomic E-state index is 0.252. The third-order valence-electron chi connectivity index (χ3n) is 4.39. The molecule has 0 unspecified atom stereocenters. The summed E-state index contributed by atoms with van der Waals surface area (Å²) in [6.45, 7) is 1.38. The molecule has 0 aromatic heterocycles. The molecular weight excluding hydrogens is 388 g/mol. The molecule has 0 aliphatic rings. The van der Waals surface area contributed by atoms with Gasteiger partial charge in [0.1, 0.15) is 5.75 Å². The van der Waals surface area contributed by atoms with Gasteiger partial charge >= 0.3 is 0 Å². The van der Waals surface area contributed by atoms with Gasteiger partial charge in [0, 0.05) is 13.0 Å². The Balaban J connectivity index is 1.96. The normalized spacial score (nSPS) is 10.5. The summed E-state index contributed by atoms with van der Waals surface area (Å²) in [5.41, 5.74) is 2.57. The lowest BCUT2D eigenvalue weighted by Crippen LogP contribution is -2.29. The van der Waals surface area contributed by atoms with Crippen molar-refractivity contribution in [1.82, 2.24) is 5.32 Å². The Bertz CT molecular complexity index is 968. The maximum absolute atomic E-state index is 13.1. The first-order valence-corrected chi connectivity index (χ1v) is 9.43. The largest absolute Gasteiger partial charge is 0.496 e. The zero-order valence-electron chi connectivity index (χ0n) is 16.1. The summed E-state index contributed by atoms with van der Waals surface area (Å²) < 4.78 is 5.37. The summed E-state index contributed by atoms with van der Waals surface area (Å²) in [5, 5.41) is 5.94. The fourth-order valence-electron chi connectivity index (χ4n) is 3.04. The number of methoxy groups -OCH3 is 1. The van der Waals surface area contributed by atoms with Crippen molar-refractivity contribution in [3.05, 3.63) is 94.5 Å². The van der Waals surface area contributed by atoms with Crippen molar-refractivity contribution in [3.8, 4) is 5.75 Å². The highest BCUT2D eigenvalue weighted by atomic mass is 35.5. The molecule has 2 amide bonds. The number of hydrogen-bond acceptors (Lipinski definition) is 3. The van der Waals surface area contributed by atoms with E-state index >= 15 is 0 Å². The van der Waals surface area contributed by atoms with Crippen LogP contribution in [-0.2, 0) is 4.79 Å². The third kappa shape index (κ3) is 4.95. The molecule has 3 aromatic carbocycles. The average molecular weight is 409 g/mol. The van der Waals surface area contributed by atoms with Crippen molar-refractivity contribution in [2.45, 2.75) is 13.0 Å². The predicted octanol–water partition coefficient (Wildman–Crippen LogP) is 4.83. The summed E-state index contributed by atoms with van der Waals surface area (Å²) in [6.07, 6.45) is 0. The first-order chi connectivity index (χ1) is 14.0. The molecule has 3 aromatic rings. The topological polar surface area (TPSA) is 67.4 Å². The van der Waals surface area contributed by atoms with Gasteiger partial charge in [-0.1, -0.05) is 72.3 Å². The standard InChI is InChI=1S/C23H21ClN2O3/c1-15(27)25-20-14-21(29-2)18(13-19(20)24)23(28)26-22(16-9-5-3-6-10-16)17-11-7-4-8-12-17/h3-14,22H,1-2H3,(H,25,27)(H,26,28). The van der Waals surface area contributed by atoms with Gasteiger partial charge in [0.2, 0.25) is 5.91 Å². The maximum Gasteiger partial charge on any atom is 0.255 e. The summed E-state index contributed by atoms with van der Waals surface area (Å²) in [7, 11) is 1.46. The first kappa shape index (κ1) is 20.4. The summed E-state index contributed by atoms with van der Waals surface area (Å²) in [4.78, 5) is 24.5. The lowest BCUT2D eigenvalue weighted by molar-refractivity contribution is -0.114. The average Bonchev–Trinajstić information content (AvgIpc) is 2.74. The highest BCUT2D eigenvalue weighted by molar-refractivity contribution is 6.34. The van der Waals surface area contributed by atoms with E-state index in [1.165, 1.54) is 20.1 Å². The molecule has 0 saturated carbocycles. The third-order valence-corrected chi connectivity index (χ3v) is 4.70. The molecule has 0 spiro atoms. The van der Waals surface area contributed by atoms with E-state index in [0.717, 1.165) is 11.1 Å². The molecule has 0 bridgehead atoms. The van der Waals surface area contributed by atoms with Crippen LogP contribution >= 0.6 is 11.6 Å². The van der Waals surface area contributed by atoms with Crippen LogP contribution in [0.2, 0.25) is 5.02 Å². The van der Waals surface area contributed by atoms with Gasteiger partial charge in [0.15, 0.2) is 0 Å². The Morgan fingerprint density at radius 3 is 1.97 bits per heavy atom. The monoisotopic (exact) mass is 408 g/mol. The van der Waals surface area contributed by atoms with E-state index in [-0.39, 0.29) is 28.4 Å². The van der Waals surface area contributed by atoms with Gasteiger partial charge in [-0.2, -0.15) is 0 Å². The fraction of sp³-hybridized carbons (Fsp3) is 0.130. The predicted molar refractivity (Wildman–Crippen MR) is 115 cm³/mol. The Labute approximate surface area is 174 Å². The highest BCUT2D eigenvalue weighted by Gasteiger charge is 2.21. The van der Waals surface area contributed by atoms with Gasteiger partial charge in [-0.05, 0) is 17.2 Å². The van der Waals surface area contributed by atoms with E-state index in [2.05, 4.69) is 10.6 Å². The number of anilines is 1. The number of benzene rings is 3. The number of amides is 2. The number of nitrogens with one attached hydrogen (secondary N) is 2.